The molecule has 4 heteroatoms. The van der Waals surface area contributed by atoms with Gasteiger partial charge in [-0.3, -0.25) is 0 Å². The normalized spacial score (nSPS) is 40.4. The summed E-state index contributed by atoms with van der Waals surface area (Å²) < 4.78 is 5.20. The summed E-state index contributed by atoms with van der Waals surface area (Å²) in [6, 6.07) is 0. The number of rotatable bonds is 4. The lowest BCUT2D eigenvalue weighted by Crippen LogP contribution is -2.46. The first-order valence-corrected chi connectivity index (χ1v) is 9.55. The monoisotopic (exact) mass is 348 g/mol. The van der Waals surface area contributed by atoms with Crippen LogP contribution < -0.4 is 0 Å². The van der Waals surface area contributed by atoms with Crippen LogP contribution in [0.2, 0.25) is 0 Å². The number of carbonyl (C=O) groups is 1. The van der Waals surface area contributed by atoms with E-state index in [9.17, 15) is 15.0 Å². The Kier molecular flexibility index (Phi) is 4.44. The number of allylic oxidation sites excluding steroid dienone is 1. The van der Waals surface area contributed by atoms with Crippen molar-refractivity contribution in [1.82, 2.24) is 0 Å². The fraction of sp³-hybridized carbons (Fsp3) is 0.762. The molecule has 0 aromatic carbocycles. The number of fused-ring (bicyclic) bond motifs is 3. The second-order valence-corrected chi connectivity index (χ2v) is 9.23. The van der Waals surface area contributed by atoms with Crippen molar-refractivity contribution in [3.63, 3.8) is 0 Å². The molecule has 0 bridgehead atoms. The third-order valence-corrected chi connectivity index (χ3v) is 7.23. The SMILES string of the molecule is C[C@H](C=C[C@H](C)C(C)(C)O)[C@H]1CC[C@H]2C3=CC(=O)O[C@@]3(O)CC[C@]12C. The topological polar surface area (TPSA) is 66.8 Å². The number of hydrogen-bond donors (Lipinski definition) is 2. The number of esters is 1. The molecule has 0 aromatic heterocycles. The van der Waals surface area contributed by atoms with Gasteiger partial charge in [-0.15, -0.1) is 0 Å². The summed E-state index contributed by atoms with van der Waals surface area (Å²) in [6.45, 7) is 10.3. The fourth-order valence-corrected chi connectivity index (χ4v) is 5.21. The van der Waals surface area contributed by atoms with E-state index in [-0.39, 0.29) is 17.3 Å². The third-order valence-electron chi connectivity index (χ3n) is 7.23. The average Bonchev–Trinajstić information content (AvgIpc) is 2.99. The minimum absolute atomic E-state index is 0.0772. The van der Waals surface area contributed by atoms with Crippen LogP contribution in [0.5, 0.6) is 0 Å². The summed E-state index contributed by atoms with van der Waals surface area (Å²) in [6.07, 6.45) is 9.33. The lowest BCUT2D eigenvalue weighted by atomic mass is 9.60. The largest absolute Gasteiger partial charge is 0.426 e. The first-order valence-electron chi connectivity index (χ1n) is 9.55. The number of ether oxygens (including phenoxy) is 1. The molecule has 0 saturated heterocycles. The van der Waals surface area contributed by atoms with Crippen molar-refractivity contribution in [2.75, 3.05) is 0 Å². The molecule has 2 saturated carbocycles. The van der Waals surface area contributed by atoms with Crippen molar-refractivity contribution in [1.29, 1.82) is 0 Å². The van der Waals surface area contributed by atoms with Crippen LogP contribution in [0, 0.1) is 29.1 Å². The molecule has 3 rings (SSSR count). The minimum atomic E-state index is -1.36. The standard InChI is InChI=1S/C21H32O4/c1-13(6-7-14(2)19(3,4)23)15-8-9-16-17-12-18(22)25-21(17,24)11-10-20(15,16)5/h6-7,12-16,23-24H,8-11H2,1-5H3/t13-,14+,15-,16+,20-,21+/m1/s1. The molecule has 25 heavy (non-hydrogen) atoms. The molecule has 0 radical (unpaired) electrons. The molecular weight excluding hydrogens is 316 g/mol. The van der Waals surface area contributed by atoms with Crippen LogP contribution in [0.25, 0.3) is 0 Å². The first kappa shape index (κ1) is 18.7. The summed E-state index contributed by atoms with van der Waals surface area (Å²) in [5.41, 5.74) is 0.162. The van der Waals surface area contributed by atoms with E-state index in [1.807, 2.05) is 20.8 Å². The molecule has 0 aromatic rings. The molecule has 2 aliphatic carbocycles. The van der Waals surface area contributed by atoms with Gasteiger partial charge >= 0.3 is 5.97 Å². The summed E-state index contributed by atoms with van der Waals surface area (Å²) >= 11 is 0. The third kappa shape index (κ3) is 3.08. The van der Waals surface area contributed by atoms with Crippen molar-refractivity contribution >= 4 is 5.97 Å². The Bertz CT molecular complexity index is 614. The van der Waals surface area contributed by atoms with Gasteiger partial charge in [0.1, 0.15) is 0 Å². The van der Waals surface area contributed by atoms with Gasteiger partial charge in [-0.1, -0.05) is 32.9 Å². The van der Waals surface area contributed by atoms with Crippen LogP contribution in [-0.2, 0) is 9.53 Å². The van der Waals surface area contributed by atoms with Crippen LogP contribution in [-0.4, -0.2) is 27.6 Å². The van der Waals surface area contributed by atoms with Crippen molar-refractivity contribution in [2.45, 2.75) is 71.7 Å². The molecule has 2 N–H and O–H groups in total. The zero-order chi connectivity index (χ0) is 18.6. The van der Waals surface area contributed by atoms with Crippen LogP contribution in [0.1, 0.15) is 60.3 Å². The van der Waals surface area contributed by atoms with E-state index in [1.165, 1.54) is 6.08 Å². The van der Waals surface area contributed by atoms with Crippen LogP contribution in [0.3, 0.4) is 0 Å². The van der Waals surface area contributed by atoms with Gasteiger partial charge in [-0.25, -0.2) is 4.79 Å². The summed E-state index contributed by atoms with van der Waals surface area (Å²) in [5, 5.41) is 20.8. The van der Waals surface area contributed by atoms with E-state index in [0.29, 0.717) is 18.3 Å². The Morgan fingerprint density at radius 2 is 1.96 bits per heavy atom. The predicted molar refractivity (Wildman–Crippen MR) is 96.4 cm³/mol. The van der Waals surface area contributed by atoms with E-state index in [2.05, 4.69) is 26.0 Å². The molecule has 3 aliphatic rings. The smallest absolute Gasteiger partial charge is 0.333 e. The van der Waals surface area contributed by atoms with Crippen LogP contribution >= 0.6 is 0 Å². The maximum atomic E-state index is 11.7. The summed E-state index contributed by atoms with van der Waals surface area (Å²) in [7, 11) is 0. The highest BCUT2D eigenvalue weighted by Crippen LogP contribution is 2.62. The van der Waals surface area contributed by atoms with Crippen molar-refractivity contribution < 1.29 is 19.7 Å². The number of hydrogen-bond acceptors (Lipinski definition) is 4. The molecule has 2 fully saturated rings. The van der Waals surface area contributed by atoms with Gasteiger partial charge in [0, 0.05) is 24.0 Å². The Morgan fingerprint density at radius 3 is 2.60 bits per heavy atom. The second kappa shape index (κ2) is 5.95. The molecule has 4 nitrogen and oxygen atoms in total. The number of aliphatic hydroxyl groups is 2. The Balaban J connectivity index is 1.79. The van der Waals surface area contributed by atoms with Gasteiger partial charge in [-0.05, 0) is 56.3 Å². The molecular formula is C21H32O4. The molecule has 140 valence electrons. The highest BCUT2D eigenvalue weighted by atomic mass is 16.7. The molecule has 0 spiro atoms. The molecule has 0 amide bonds. The summed E-state index contributed by atoms with van der Waals surface area (Å²) in [5.74, 6) is -0.555. The Hall–Kier alpha value is -1.13. The maximum Gasteiger partial charge on any atom is 0.333 e. The van der Waals surface area contributed by atoms with E-state index < -0.39 is 17.4 Å². The predicted octanol–water partition coefficient (Wildman–Crippen LogP) is 3.58. The number of carbonyl (C=O) groups excluding carboxylic acids is 1. The molecule has 1 heterocycles. The van der Waals surface area contributed by atoms with Gasteiger partial charge < -0.3 is 14.9 Å². The molecule has 6 atom stereocenters. The van der Waals surface area contributed by atoms with Gasteiger partial charge in [0.15, 0.2) is 0 Å². The lowest BCUT2D eigenvalue weighted by Gasteiger charge is -2.47. The second-order valence-electron chi connectivity index (χ2n) is 9.23. The van der Waals surface area contributed by atoms with Gasteiger partial charge in [0.25, 0.3) is 0 Å². The average molecular weight is 348 g/mol. The van der Waals surface area contributed by atoms with Crippen LogP contribution in [0.15, 0.2) is 23.8 Å². The zero-order valence-electron chi connectivity index (χ0n) is 16.1. The van der Waals surface area contributed by atoms with Crippen molar-refractivity contribution in [3.8, 4) is 0 Å². The van der Waals surface area contributed by atoms with Crippen molar-refractivity contribution in [3.05, 3.63) is 23.8 Å². The van der Waals surface area contributed by atoms with E-state index in [4.69, 9.17) is 4.74 Å². The quantitative estimate of drug-likeness (QED) is 0.602. The maximum absolute atomic E-state index is 11.7. The van der Waals surface area contributed by atoms with Crippen LogP contribution in [0.4, 0.5) is 0 Å². The Labute approximate surface area is 151 Å². The minimum Gasteiger partial charge on any atom is -0.426 e. The summed E-state index contributed by atoms with van der Waals surface area (Å²) in [4.78, 5) is 11.7. The highest BCUT2D eigenvalue weighted by molar-refractivity contribution is 5.86. The zero-order valence-corrected chi connectivity index (χ0v) is 16.1. The molecule has 0 unspecified atom stereocenters. The highest BCUT2D eigenvalue weighted by Gasteiger charge is 2.59. The van der Waals surface area contributed by atoms with Gasteiger partial charge in [0.05, 0.1) is 5.60 Å². The lowest BCUT2D eigenvalue weighted by molar-refractivity contribution is -0.196. The van der Waals surface area contributed by atoms with E-state index in [1.54, 1.807) is 0 Å². The van der Waals surface area contributed by atoms with E-state index >= 15 is 0 Å². The van der Waals surface area contributed by atoms with Gasteiger partial charge in [0.2, 0.25) is 5.79 Å². The molecule has 1 aliphatic heterocycles. The Morgan fingerprint density at radius 1 is 1.28 bits per heavy atom. The first-order chi connectivity index (χ1) is 11.5. The van der Waals surface area contributed by atoms with Crippen molar-refractivity contribution in [2.24, 2.45) is 29.1 Å². The van der Waals surface area contributed by atoms with Gasteiger partial charge in [-0.2, -0.15) is 0 Å². The fourth-order valence-electron chi connectivity index (χ4n) is 5.21. The van der Waals surface area contributed by atoms with E-state index in [0.717, 1.165) is 24.8 Å².